The second-order valence-electron chi connectivity index (χ2n) is 4.30. The number of hydrogen-bond acceptors (Lipinski definition) is 1. The molecule has 2 heteroatoms. The monoisotopic (exact) mass is 229 g/mol. The van der Waals surface area contributed by atoms with Crippen molar-refractivity contribution in [3.63, 3.8) is 0 Å². The van der Waals surface area contributed by atoms with Gasteiger partial charge >= 0.3 is 0 Å². The quantitative estimate of drug-likeness (QED) is 0.858. The highest BCUT2D eigenvalue weighted by atomic mass is 19.1. The van der Waals surface area contributed by atoms with Crippen molar-refractivity contribution in [2.24, 2.45) is 5.73 Å². The first kappa shape index (κ1) is 11.8. The highest BCUT2D eigenvalue weighted by molar-refractivity contribution is 5.31. The van der Waals surface area contributed by atoms with E-state index in [9.17, 15) is 4.39 Å². The standard InChI is InChI=1S/C15H16FN/c1-11-9-13(16)7-8-14(11)15(17)10-12-5-3-2-4-6-12/h2-9,15H,10,17H2,1H3. The molecule has 2 rings (SSSR count). The van der Waals surface area contributed by atoms with Crippen LogP contribution in [0.25, 0.3) is 0 Å². The van der Waals surface area contributed by atoms with E-state index in [1.165, 1.54) is 17.7 Å². The zero-order valence-electron chi connectivity index (χ0n) is 9.86. The third-order valence-corrected chi connectivity index (χ3v) is 2.93. The fraction of sp³-hybridized carbons (Fsp3) is 0.200. The van der Waals surface area contributed by atoms with Crippen molar-refractivity contribution >= 4 is 0 Å². The van der Waals surface area contributed by atoms with E-state index in [1.807, 2.05) is 25.1 Å². The summed E-state index contributed by atoms with van der Waals surface area (Å²) in [5.41, 5.74) is 9.27. The van der Waals surface area contributed by atoms with Crippen LogP contribution in [0.15, 0.2) is 48.5 Å². The van der Waals surface area contributed by atoms with Crippen molar-refractivity contribution in [2.75, 3.05) is 0 Å². The van der Waals surface area contributed by atoms with E-state index >= 15 is 0 Å². The van der Waals surface area contributed by atoms with E-state index in [0.717, 1.165) is 17.5 Å². The number of aryl methyl sites for hydroxylation is 1. The van der Waals surface area contributed by atoms with Gasteiger partial charge in [0.25, 0.3) is 0 Å². The Kier molecular flexibility index (Phi) is 3.55. The minimum atomic E-state index is -0.210. The molecule has 0 fully saturated rings. The topological polar surface area (TPSA) is 26.0 Å². The number of rotatable bonds is 3. The Bertz CT molecular complexity index is 494. The van der Waals surface area contributed by atoms with Gasteiger partial charge in [-0.15, -0.1) is 0 Å². The number of nitrogens with two attached hydrogens (primary N) is 1. The SMILES string of the molecule is Cc1cc(F)ccc1C(N)Cc1ccccc1. The summed E-state index contributed by atoms with van der Waals surface area (Å²) in [6, 6.07) is 14.8. The maximum atomic E-state index is 13.0. The van der Waals surface area contributed by atoms with Crippen molar-refractivity contribution < 1.29 is 4.39 Å². The van der Waals surface area contributed by atoms with Gasteiger partial charge in [-0.3, -0.25) is 0 Å². The largest absolute Gasteiger partial charge is 0.324 e. The average Bonchev–Trinajstić information content (AvgIpc) is 2.30. The molecule has 0 aliphatic rings. The van der Waals surface area contributed by atoms with E-state index in [2.05, 4.69) is 12.1 Å². The van der Waals surface area contributed by atoms with Crippen LogP contribution in [0.2, 0.25) is 0 Å². The van der Waals surface area contributed by atoms with E-state index in [1.54, 1.807) is 6.07 Å². The normalized spacial score (nSPS) is 12.4. The van der Waals surface area contributed by atoms with Crippen LogP contribution in [-0.4, -0.2) is 0 Å². The summed E-state index contributed by atoms with van der Waals surface area (Å²) in [5, 5.41) is 0. The van der Waals surface area contributed by atoms with Crippen molar-refractivity contribution in [1.29, 1.82) is 0 Å². The van der Waals surface area contributed by atoms with E-state index in [4.69, 9.17) is 5.73 Å². The molecule has 0 radical (unpaired) electrons. The van der Waals surface area contributed by atoms with Crippen molar-refractivity contribution in [3.05, 3.63) is 71.0 Å². The molecule has 0 bridgehead atoms. The maximum Gasteiger partial charge on any atom is 0.123 e. The maximum absolute atomic E-state index is 13.0. The molecule has 0 aromatic heterocycles. The van der Waals surface area contributed by atoms with Gasteiger partial charge in [0, 0.05) is 6.04 Å². The van der Waals surface area contributed by atoms with Gasteiger partial charge in [0.2, 0.25) is 0 Å². The van der Waals surface area contributed by atoms with E-state index in [-0.39, 0.29) is 11.9 Å². The van der Waals surface area contributed by atoms with Crippen molar-refractivity contribution in [2.45, 2.75) is 19.4 Å². The van der Waals surface area contributed by atoms with Crippen LogP contribution in [0, 0.1) is 12.7 Å². The van der Waals surface area contributed by atoms with Gasteiger partial charge in [-0.2, -0.15) is 0 Å². The van der Waals surface area contributed by atoms with E-state index < -0.39 is 0 Å². The lowest BCUT2D eigenvalue weighted by Gasteiger charge is -2.14. The fourth-order valence-corrected chi connectivity index (χ4v) is 2.03. The molecule has 17 heavy (non-hydrogen) atoms. The Hall–Kier alpha value is -1.67. The highest BCUT2D eigenvalue weighted by Gasteiger charge is 2.10. The van der Waals surface area contributed by atoms with Gasteiger partial charge in [0.05, 0.1) is 0 Å². The molecular weight excluding hydrogens is 213 g/mol. The molecule has 0 aliphatic heterocycles. The van der Waals surface area contributed by atoms with Crippen LogP contribution < -0.4 is 5.73 Å². The van der Waals surface area contributed by atoms with Gasteiger partial charge in [-0.1, -0.05) is 36.4 Å². The third kappa shape index (κ3) is 2.92. The van der Waals surface area contributed by atoms with Crippen LogP contribution in [0.5, 0.6) is 0 Å². The molecule has 0 amide bonds. The number of halogens is 1. The molecule has 88 valence electrons. The van der Waals surface area contributed by atoms with Gasteiger partial charge in [-0.25, -0.2) is 4.39 Å². The predicted octanol–water partition coefficient (Wildman–Crippen LogP) is 3.38. The summed E-state index contributed by atoms with van der Waals surface area (Å²) in [5.74, 6) is -0.210. The molecule has 0 aliphatic carbocycles. The first-order chi connectivity index (χ1) is 8.16. The molecule has 2 aromatic carbocycles. The van der Waals surface area contributed by atoms with Crippen molar-refractivity contribution in [3.8, 4) is 0 Å². The fourth-order valence-electron chi connectivity index (χ4n) is 2.03. The average molecular weight is 229 g/mol. The lowest BCUT2D eigenvalue weighted by Crippen LogP contribution is -2.14. The Morgan fingerprint density at radius 1 is 1.12 bits per heavy atom. The smallest absolute Gasteiger partial charge is 0.123 e. The van der Waals surface area contributed by atoms with Gasteiger partial charge in [-0.05, 0) is 42.2 Å². The molecule has 0 heterocycles. The summed E-state index contributed by atoms with van der Waals surface area (Å²) in [6.45, 7) is 1.89. The van der Waals surface area contributed by atoms with Crippen LogP contribution in [0.4, 0.5) is 4.39 Å². The first-order valence-corrected chi connectivity index (χ1v) is 5.72. The zero-order valence-corrected chi connectivity index (χ0v) is 9.86. The minimum absolute atomic E-state index is 0.0852. The molecule has 0 saturated heterocycles. The van der Waals surface area contributed by atoms with Gasteiger partial charge < -0.3 is 5.73 Å². The summed E-state index contributed by atoms with van der Waals surface area (Å²) >= 11 is 0. The summed E-state index contributed by atoms with van der Waals surface area (Å²) in [7, 11) is 0. The number of benzene rings is 2. The third-order valence-electron chi connectivity index (χ3n) is 2.93. The summed E-state index contributed by atoms with van der Waals surface area (Å²) in [4.78, 5) is 0. The lowest BCUT2D eigenvalue weighted by atomic mass is 9.96. The van der Waals surface area contributed by atoms with E-state index in [0.29, 0.717) is 0 Å². The summed E-state index contributed by atoms with van der Waals surface area (Å²) < 4.78 is 13.0. The van der Waals surface area contributed by atoms with Crippen LogP contribution in [0.1, 0.15) is 22.7 Å². The predicted molar refractivity (Wildman–Crippen MR) is 68.2 cm³/mol. The number of hydrogen-bond donors (Lipinski definition) is 1. The minimum Gasteiger partial charge on any atom is -0.324 e. The first-order valence-electron chi connectivity index (χ1n) is 5.72. The molecular formula is C15H16FN. The summed E-state index contributed by atoms with van der Waals surface area (Å²) in [6.07, 6.45) is 0.771. The Labute approximate surface area is 101 Å². The second kappa shape index (κ2) is 5.11. The lowest BCUT2D eigenvalue weighted by molar-refractivity contribution is 0.622. The molecule has 0 spiro atoms. The zero-order chi connectivity index (χ0) is 12.3. The van der Waals surface area contributed by atoms with Gasteiger partial charge in [0.15, 0.2) is 0 Å². The molecule has 1 unspecified atom stereocenters. The van der Waals surface area contributed by atoms with Crippen LogP contribution in [0.3, 0.4) is 0 Å². The molecule has 1 atom stereocenters. The van der Waals surface area contributed by atoms with Crippen molar-refractivity contribution in [1.82, 2.24) is 0 Å². The molecule has 0 saturated carbocycles. The van der Waals surface area contributed by atoms with Gasteiger partial charge in [0.1, 0.15) is 5.82 Å². The van der Waals surface area contributed by atoms with Crippen LogP contribution >= 0.6 is 0 Å². The molecule has 2 N–H and O–H groups in total. The van der Waals surface area contributed by atoms with Crippen LogP contribution in [-0.2, 0) is 6.42 Å². The highest BCUT2D eigenvalue weighted by Crippen LogP contribution is 2.20. The molecule has 2 aromatic rings. The molecule has 1 nitrogen and oxygen atoms in total. The Morgan fingerprint density at radius 3 is 2.47 bits per heavy atom. The Balaban J connectivity index is 2.17. The Morgan fingerprint density at radius 2 is 1.82 bits per heavy atom. The second-order valence-corrected chi connectivity index (χ2v) is 4.30.